The molecule has 0 bridgehead atoms. The fourth-order valence-electron chi connectivity index (χ4n) is 2.95. The van der Waals surface area contributed by atoms with Crippen molar-refractivity contribution in [2.75, 3.05) is 0 Å². The predicted molar refractivity (Wildman–Crippen MR) is 66.3 cm³/mol. The van der Waals surface area contributed by atoms with E-state index in [2.05, 4.69) is 39.9 Å². The summed E-state index contributed by atoms with van der Waals surface area (Å²) < 4.78 is 0. The highest BCUT2D eigenvalue weighted by Gasteiger charge is 2.47. The molecule has 0 aliphatic heterocycles. The molecular formula is C13H27NO2. The van der Waals surface area contributed by atoms with E-state index in [-0.39, 0.29) is 22.9 Å². The molecule has 1 rings (SSSR count). The number of aliphatic hydroxyl groups excluding tert-OH is 2. The Bertz CT molecular complexity index is 235. The molecule has 1 aliphatic rings. The Kier molecular flexibility index (Phi) is 3.73. The third-order valence-electron chi connectivity index (χ3n) is 3.35. The Hall–Kier alpha value is -0.120. The molecule has 1 saturated carbocycles. The molecule has 96 valence electrons. The highest BCUT2D eigenvalue weighted by Crippen LogP contribution is 2.33. The summed E-state index contributed by atoms with van der Waals surface area (Å²) in [6.07, 6.45) is -0.149. The first-order chi connectivity index (χ1) is 7.03. The van der Waals surface area contributed by atoms with E-state index in [9.17, 15) is 10.2 Å². The van der Waals surface area contributed by atoms with Crippen molar-refractivity contribution in [3.05, 3.63) is 0 Å². The molecule has 16 heavy (non-hydrogen) atoms. The monoisotopic (exact) mass is 229 g/mol. The minimum atomic E-state index is -0.616. The van der Waals surface area contributed by atoms with Crippen molar-refractivity contribution in [2.45, 2.75) is 71.8 Å². The maximum absolute atomic E-state index is 9.70. The smallest absolute Gasteiger partial charge is 0.0958 e. The van der Waals surface area contributed by atoms with E-state index in [1.807, 2.05) is 6.92 Å². The molecule has 0 aromatic heterocycles. The topological polar surface area (TPSA) is 52.5 Å². The second-order valence-corrected chi connectivity index (χ2v) is 7.13. The van der Waals surface area contributed by atoms with Gasteiger partial charge in [0.2, 0.25) is 0 Å². The molecule has 3 N–H and O–H groups in total. The van der Waals surface area contributed by atoms with Gasteiger partial charge < -0.3 is 15.5 Å². The molecule has 0 heterocycles. The minimum absolute atomic E-state index is 0.0156. The van der Waals surface area contributed by atoms with Gasteiger partial charge in [-0.25, -0.2) is 0 Å². The van der Waals surface area contributed by atoms with Gasteiger partial charge >= 0.3 is 0 Å². The van der Waals surface area contributed by atoms with E-state index in [1.165, 1.54) is 0 Å². The molecule has 0 saturated heterocycles. The quantitative estimate of drug-likeness (QED) is 0.688. The van der Waals surface area contributed by atoms with Gasteiger partial charge in [-0.05, 0) is 25.7 Å². The molecule has 0 spiro atoms. The van der Waals surface area contributed by atoms with E-state index in [1.54, 1.807) is 0 Å². The van der Waals surface area contributed by atoms with Crippen LogP contribution in [0.1, 0.15) is 48.0 Å². The molecule has 1 aliphatic carbocycles. The Morgan fingerprint density at radius 2 is 1.50 bits per heavy atom. The molecule has 0 radical (unpaired) electrons. The van der Waals surface area contributed by atoms with Crippen molar-refractivity contribution >= 4 is 0 Å². The molecule has 0 aromatic rings. The number of rotatable bonds is 3. The van der Waals surface area contributed by atoms with Crippen molar-refractivity contribution in [2.24, 2.45) is 11.3 Å². The molecule has 0 amide bonds. The first-order valence-electron chi connectivity index (χ1n) is 6.17. The normalized spacial score (nSPS) is 36.0. The molecule has 3 nitrogen and oxygen atoms in total. The minimum Gasteiger partial charge on any atom is -0.390 e. The Balaban J connectivity index is 2.54. The number of aliphatic hydroxyl groups is 2. The van der Waals surface area contributed by atoms with Crippen molar-refractivity contribution < 1.29 is 10.2 Å². The number of nitrogens with one attached hydrogen (secondary N) is 1. The summed E-state index contributed by atoms with van der Waals surface area (Å²) in [6, 6.07) is 0.0207. The van der Waals surface area contributed by atoms with E-state index in [0.717, 1.165) is 6.42 Å². The van der Waals surface area contributed by atoms with Crippen LogP contribution >= 0.6 is 0 Å². The summed E-state index contributed by atoms with van der Waals surface area (Å²) in [7, 11) is 0. The van der Waals surface area contributed by atoms with Gasteiger partial charge in [-0.15, -0.1) is 0 Å². The van der Waals surface area contributed by atoms with Gasteiger partial charge in [-0.3, -0.25) is 0 Å². The molecule has 0 aromatic carbocycles. The summed E-state index contributed by atoms with van der Waals surface area (Å²) in [5, 5.41) is 22.7. The zero-order valence-electron chi connectivity index (χ0n) is 11.4. The molecule has 3 heteroatoms. The van der Waals surface area contributed by atoms with Gasteiger partial charge in [0.05, 0.1) is 12.2 Å². The van der Waals surface area contributed by atoms with Crippen LogP contribution in [-0.2, 0) is 0 Å². The SMILES string of the molecule is CC1C(O)C(O)C1NC(C)(C)CC(C)(C)C. The van der Waals surface area contributed by atoms with Gasteiger partial charge in [-0.1, -0.05) is 27.7 Å². The van der Waals surface area contributed by atoms with Crippen molar-refractivity contribution in [1.82, 2.24) is 5.32 Å². The lowest BCUT2D eigenvalue weighted by atomic mass is 9.72. The molecule has 4 unspecified atom stereocenters. The molecular weight excluding hydrogens is 202 g/mol. The molecule has 4 atom stereocenters. The zero-order valence-corrected chi connectivity index (χ0v) is 11.4. The summed E-state index contributed by atoms with van der Waals surface area (Å²) in [4.78, 5) is 0. The van der Waals surface area contributed by atoms with Gasteiger partial charge in [-0.2, -0.15) is 0 Å². The maximum Gasteiger partial charge on any atom is 0.0958 e. The van der Waals surface area contributed by atoms with Crippen LogP contribution in [0.5, 0.6) is 0 Å². The second-order valence-electron chi connectivity index (χ2n) is 7.13. The highest BCUT2D eigenvalue weighted by molar-refractivity contribution is 5.03. The highest BCUT2D eigenvalue weighted by atomic mass is 16.3. The van der Waals surface area contributed by atoms with Crippen LogP contribution in [0, 0.1) is 11.3 Å². The maximum atomic E-state index is 9.70. The fraction of sp³-hybridized carbons (Fsp3) is 1.00. The van der Waals surface area contributed by atoms with E-state index in [0.29, 0.717) is 0 Å². The Labute approximate surface area is 99.3 Å². The zero-order chi connectivity index (χ0) is 12.7. The third kappa shape index (κ3) is 3.19. The van der Waals surface area contributed by atoms with Crippen LogP contribution in [0.25, 0.3) is 0 Å². The fourth-order valence-corrected chi connectivity index (χ4v) is 2.95. The summed E-state index contributed by atoms with van der Waals surface area (Å²) in [5.74, 6) is 0.134. The van der Waals surface area contributed by atoms with Crippen molar-refractivity contribution in [1.29, 1.82) is 0 Å². The average molecular weight is 229 g/mol. The number of hydrogen-bond acceptors (Lipinski definition) is 3. The van der Waals surface area contributed by atoms with Gasteiger partial charge in [0.25, 0.3) is 0 Å². The van der Waals surface area contributed by atoms with Crippen LogP contribution in [0.15, 0.2) is 0 Å². The Morgan fingerprint density at radius 3 is 1.88 bits per heavy atom. The van der Waals surface area contributed by atoms with E-state index in [4.69, 9.17) is 0 Å². The lowest BCUT2D eigenvalue weighted by Gasteiger charge is -2.49. The lowest BCUT2D eigenvalue weighted by Crippen LogP contribution is -2.68. The van der Waals surface area contributed by atoms with Crippen LogP contribution in [0.2, 0.25) is 0 Å². The molecule has 1 fully saturated rings. The van der Waals surface area contributed by atoms with E-state index >= 15 is 0 Å². The third-order valence-corrected chi connectivity index (χ3v) is 3.35. The standard InChI is InChI=1S/C13H27NO2/c1-8-9(11(16)10(8)15)14-13(5,6)7-12(2,3)4/h8-11,14-16H,7H2,1-6H3. The predicted octanol–water partition coefficient (Wildman–Crippen LogP) is 1.53. The van der Waals surface area contributed by atoms with Crippen molar-refractivity contribution in [3.63, 3.8) is 0 Å². The largest absolute Gasteiger partial charge is 0.390 e. The van der Waals surface area contributed by atoms with Crippen LogP contribution < -0.4 is 5.32 Å². The van der Waals surface area contributed by atoms with E-state index < -0.39 is 12.2 Å². The van der Waals surface area contributed by atoms with Crippen LogP contribution in [0.4, 0.5) is 0 Å². The first kappa shape index (κ1) is 13.9. The van der Waals surface area contributed by atoms with Gasteiger partial charge in [0.15, 0.2) is 0 Å². The first-order valence-corrected chi connectivity index (χ1v) is 6.17. The second kappa shape index (κ2) is 4.28. The van der Waals surface area contributed by atoms with Crippen molar-refractivity contribution in [3.8, 4) is 0 Å². The van der Waals surface area contributed by atoms with Gasteiger partial charge in [0, 0.05) is 17.5 Å². The van der Waals surface area contributed by atoms with Crippen LogP contribution in [-0.4, -0.2) is 34.0 Å². The summed E-state index contributed by atoms with van der Waals surface area (Å²) in [5.41, 5.74) is 0.241. The summed E-state index contributed by atoms with van der Waals surface area (Å²) >= 11 is 0. The summed E-state index contributed by atoms with van der Waals surface area (Å²) in [6.45, 7) is 12.9. The van der Waals surface area contributed by atoms with Gasteiger partial charge in [0.1, 0.15) is 0 Å². The van der Waals surface area contributed by atoms with Crippen LogP contribution in [0.3, 0.4) is 0 Å². The lowest BCUT2D eigenvalue weighted by molar-refractivity contribution is -0.131. The Morgan fingerprint density at radius 1 is 1.00 bits per heavy atom. The number of hydrogen-bond donors (Lipinski definition) is 3. The average Bonchev–Trinajstić information content (AvgIpc) is 2.08.